The van der Waals surface area contributed by atoms with E-state index in [2.05, 4.69) is 20.4 Å². The highest BCUT2D eigenvalue weighted by atomic mass is 35.5. The van der Waals surface area contributed by atoms with Gasteiger partial charge in [-0.2, -0.15) is 0 Å². The minimum atomic E-state index is 0. The van der Waals surface area contributed by atoms with E-state index < -0.39 is 0 Å². The van der Waals surface area contributed by atoms with Crippen molar-refractivity contribution in [2.75, 3.05) is 65.6 Å². The number of carbonyl (C=O) groups excluding carboxylic acids is 1. The van der Waals surface area contributed by atoms with Gasteiger partial charge in [0.05, 0.1) is 19.8 Å². The van der Waals surface area contributed by atoms with Crippen LogP contribution >= 0.6 is 37.2 Å². The Hall–Kier alpha value is 0.180. The fraction of sp³-hybridized carbons (Fsp3) is 0.941. The van der Waals surface area contributed by atoms with E-state index in [9.17, 15) is 4.79 Å². The second-order valence-corrected chi connectivity index (χ2v) is 7.19. The number of carbonyl (C=O) groups is 1. The van der Waals surface area contributed by atoms with Crippen LogP contribution in [-0.2, 0) is 9.53 Å². The Balaban J connectivity index is 0.00000208. The van der Waals surface area contributed by atoms with Gasteiger partial charge in [-0.05, 0) is 12.8 Å². The van der Waals surface area contributed by atoms with Gasteiger partial charge in [-0.25, -0.2) is 0 Å². The molecule has 3 rings (SSSR count). The number of ether oxygens (including phenoxy) is 1. The number of piperazine rings is 1. The van der Waals surface area contributed by atoms with E-state index >= 15 is 0 Å². The quantitative estimate of drug-likeness (QED) is 0.684. The van der Waals surface area contributed by atoms with Crippen molar-refractivity contribution in [3.8, 4) is 0 Å². The van der Waals surface area contributed by atoms with E-state index in [1.165, 1.54) is 32.1 Å². The molecule has 1 aliphatic carbocycles. The lowest BCUT2D eigenvalue weighted by Gasteiger charge is -2.48. The Morgan fingerprint density at radius 3 is 2.19 bits per heavy atom. The van der Waals surface area contributed by atoms with Crippen molar-refractivity contribution in [2.45, 2.75) is 37.6 Å². The van der Waals surface area contributed by atoms with E-state index in [0.29, 0.717) is 6.54 Å². The molecule has 3 aliphatic rings. The molecular weight excluding hydrogens is 399 g/mol. The van der Waals surface area contributed by atoms with E-state index in [0.717, 1.165) is 59.0 Å². The number of nitrogens with one attached hydrogen (secondary N) is 2. The summed E-state index contributed by atoms with van der Waals surface area (Å²) in [5.41, 5.74) is 0.168. The maximum atomic E-state index is 12.4. The lowest BCUT2D eigenvalue weighted by molar-refractivity contribution is -0.123. The molecule has 0 aromatic heterocycles. The molecule has 6 nitrogen and oxygen atoms in total. The molecule has 9 heteroatoms. The summed E-state index contributed by atoms with van der Waals surface area (Å²) >= 11 is 0. The summed E-state index contributed by atoms with van der Waals surface area (Å²) in [5.74, 6) is 0.185. The minimum absolute atomic E-state index is 0. The number of halogens is 3. The van der Waals surface area contributed by atoms with Crippen molar-refractivity contribution in [3.05, 3.63) is 0 Å². The number of amides is 1. The summed E-state index contributed by atoms with van der Waals surface area (Å²) in [6.07, 6.45) is 6.32. The van der Waals surface area contributed by atoms with Crippen LogP contribution in [0.2, 0.25) is 0 Å². The van der Waals surface area contributed by atoms with Gasteiger partial charge >= 0.3 is 0 Å². The first-order chi connectivity index (χ1) is 11.3. The van der Waals surface area contributed by atoms with Crippen LogP contribution in [0, 0.1) is 0 Å². The molecule has 2 heterocycles. The van der Waals surface area contributed by atoms with Crippen LogP contribution in [0.1, 0.15) is 32.1 Å². The summed E-state index contributed by atoms with van der Waals surface area (Å²) < 4.78 is 5.52. The van der Waals surface area contributed by atoms with Gasteiger partial charge in [0.2, 0.25) is 5.91 Å². The molecule has 0 unspecified atom stereocenters. The average Bonchev–Trinajstić information content (AvgIpc) is 2.62. The van der Waals surface area contributed by atoms with Crippen molar-refractivity contribution in [1.29, 1.82) is 0 Å². The summed E-state index contributed by atoms with van der Waals surface area (Å²) in [6.45, 7) is 8.95. The number of nitrogens with zero attached hydrogens (tertiary/aromatic N) is 2. The zero-order chi connectivity index (χ0) is 16.0. The van der Waals surface area contributed by atoms with Crippen LogP contribution in [0.4, 0.5) is 0 Å². The first kappa shape index (κ1) is 26.2. The van der Waals surface area contributed by atoms with E-state index in [-0.39, 0.29) is 48.7 Å². The smallest absolute Gasteiger partial charge is 0.234 e. The first-order valence-electron chi connectivity index (χ1n) is 9.31. The Bertz CT molecular complexity index is 386. The highest BCUT2D eigenvalue weighted by Gasteiger charge is 2.38. The second kappa shape index (κ2) is 13.4. The average molecular weight is 434 g/mol. The van der Waals surface area contributed by atoms with Crippen molar-refractivity contribution >= 4 is 43.1 Å². The summed E-state index contributed by atoms with van der Waals surface area (Å²) in [4.78, 5) is 17.2. The van der Waals surface area contributed by atoms with Gasteiger partial charge in [0.15, 0.2) is 0 Å². The van der Waals surface area contributed by atoms with E-state index in [1.807, 2.05) is 0 Å². The van der Waals surface area contributed by atoms with Gasteiger partial charge in [0, 0.05) is 51.4 Å². The summed E-state index contributed by atoms with van der Waals surface area (Å²) in [7, 11) is 0. The summed E-state index contributed by atoms with van der Waals surface area (Å²) in [6, 6.07) is 0. The molecule has 0 aromatic carbocycles. The SMILES string of the molecule is Cl.Cl.Cl.O=C(CN1CCNCC1)NCC1(N2CCOCC2)CCCCC1. The van der Waals surface area contributed by atoms with Crippen LogP contribution in [-0.4, -0.2) is 86.8 Å². The molecule has 1 saturated carbocycles. The monoisotopic (exact) mass is 432 g/mol. The lowest BCUT2D eigenvalue weighted by Crippen LogP contribution is -2.60. The topological polar surface area (TPSA) is 56.8 Å². The third-order valence-corrected chi connectivity index (χ3v) is 5.66. The van der Waals surface area contributed by atoms with Gasteiger partial charge in [-0.3, -0.25) is 14.6 Å². The molecule has 26 heavy (non-hydrogen) atoms. The fourth-order valence-corrected chi connectivity index (χ4v) is 4.24. The zero-order valence-corrected chi connectivity index (χ0v) is 18.0. The predicted molar refractivity (Wildman–Crippen MR) is 112 cm³/mol. The molecule has 0 radical (unpaired) electrons. The molecule has 2 saturated heterocycles. The molecular formula is C17H35Cl3N4O2. The Morgan fingerprint density at radius 2 is 1.58 bits per heavy atom. The molecule has 2 N–H and O–H groups in total. The van der Waals surface area contributed by atoms with Gasteiger partial charge in [0.1, 0.15) is 0 Å². The van der Waals surface area contributed by atoms with E-state index in [1.54, 1.807) is 0 Å². The Morgan fingerprint density at radius 1 is 0.962 bits per heavy atom. The molecule has 0 bridgehead atoms. The van der Waals surface area contributed by atoms with Crippen LogP contribution in [0.5, 0.6) is 0 Å². The Labute approximate surface area is 176 Å². The van der Waals surface area contributed by atoms with E-state index in [4.69, 9.17) is 4.74 Å². The van der Waals surface area contributed by atoms with Crippen LogP contribution in [0.3, 0.4) is 0 Å². The Kier molecular flexibility index (Phi) is 13.5. The summed E-state index contributed by atoms with van der Waals surface area (Å²) in [5, 5.41) is 6.58. The molecule has 0 atom stereocenters. The molecule has 1 amide bonds. The molecule has 0 spiro atoms. The standard InChI is InChI=1S/C17H32N4O2.3ClH/c22-16(14-20-8-6-18-7-9-20)19-15-17(4-2-1-3-5-17)21-10-12-23-13-11-21;;;/h18H,1-15H2,(H,19,22);3*1H. The third-order valence-electron chi connectivity index (χ3n) is 5.66. The zero-order valence-electron chi connectivity index (χ0n) is 15.5. The number of morpholine rings is 1. The highest BCUT2D eigenvalue weighted by Crippen LogP contribution is 2.33. The minimum Gasteiger partial charge on any atom is -0.379 e. The van der Waals surface area contributed by atoms with Crippen molar-refractivity contribution in [1.82, 2.24) is 20.4 Å². The molecule has 156 valence electrons. The van der Waals surface area contributed by atoms with Crippen LogP contribution in [0.15, 0.2) is 0 Å². The second-order valence-electron chi connectivity index (χ2n) is 7.19. The maximum absolute atomic E-state index is 12.4. The van der Waals surface area contributed by atoms with Crippen molar-refractivity contribution in [3.63, 3.8) is 0 Å². The third kappa shape index (κ3) is 7.30. The predicted octanol–water partition coefficient (Wildman–Crippen LogP) is 1.31. The van der Waals surface area contributed by atoms with Gasteiger partial charge in [-0.1, -0.05) is 19.3 Å². The highest BCUT2D eigenvalue weighted by molar-refractivity contribution is 5.86. The van der Waals surface area contributed by atoms with Gasteiger partial charge < -0.3 is 15.4 Å². The lowest BCUT2D eigenvalue weighted by atomic mass is 9.79. The largest absolute Gasteiger partial charge is 0.379 e. The van der Waals surface area contributed by atoms with Crippen LogP contribution in [0.25, 0.3) is 0 Å². The first-order valence-corrected chi connectivity index (χ1v) is 9.31. The number of hydrogen-bond donors (Lipinski definition) is 2. The van der Waals surface area contributed by atoms with Gasteiger partial charge in [0.25, 0.3) is 0 Å². The normalized spacial score (nSPS) is 23.7. The van der Waals surface area contributed by atoms with Crippen molar-refractivity contribution in [2.24, 2.45) is 0 Å². The number of hydrogen-bond acceptors (Lipinski definition) is 5. The molecule has 2 aliphatic heterocycles. The molecule has 3 fully saturated rings. The van der Waals surface area contributed by atoms with Crippen molar-refractivity contribution < 1.29 is 9.53 Å². The number of rotatable bonds is 5. The fourth-order valence-electron chi connectivity index (χ4n) is 4.24. The van der Waals surface area contributed by atoms with Crippen LogP contribution < -0.4 is 10.6 Å². The maximum Gasteiger partial charge on any atom is 0.234 e. The molecule has 0 aromatic rings. The van der Waals surface area contributed by atoms with Gasteiger partial charge in [-0.15, -0.1) is 37.2 Å².